The van der Waals surface area contributed by atoms with Crippen molar-refractivity contribution in [1.82, 2.24) is 0 Å². The molecule has 0 bridgehead atoms. The number of aliphatic imine (C=N–C) groups is 1. The van der Waals surface area contributed by atoms with Gasteiger partial charge in [-0.2, -0.15) is 0 Å². The largest absolute Gasteiger partial charge is 0.384 e. The van der Waals surface area contributed by atoms with Gasteiger partial charge in [0.2, 0.25) is 0 Å². The van der Waals surface area contributed by atoms with Crippen LogP contribution in [0.3, 0.4) is 0 Å². The highest BCUT2D eigenvalue weighted by atomic mass is 16.5. The lowest BCUT2D eigenvalue weighted by Gasteiger charge is -2.21. The summed E-state index contributed by atoms with van der Waals surface area (Å²) in [6.45, 7) is 1.66. The summed E-state index contributed by atoms with van der Waals surface area (Å²) in [4.78, 5) is 4.40. The van der Waals surface area contributed by atoms with E-state index in [1.54, 1.807) is 0 Å². The zero-order valence-electron chi connectivity index (χ0n) is 10.1. The van der Waals surface area contributed by atoms with Crippen molar-refractivity contribution in [2.24, 2.45) is 10.7 Å². The Morgan fingerprint density at radius 1 is 1.29 bits per heavy atom. The third kappa shape index (κ3) is 3.86. The Morgan fingerprint density at radius 3 is 2.82 bits per heavy atom. The molecule has 0 aliphatic carbocycles. The van der Waals surface area contributed by atoms with E-state index < -0.39 is 0 Å². The molecule has 1 heterocycles. The van der Waals surface area contributed by atoms with Crippen LogP contribution in [0.5, 0.6) is 0 Å². The van der Waals surface area contributed by atoms with E-state index >= 15 is 0 Å². The fourth-order valence-corrected chi connectivity index (χ4v) is 2.06. The molecule has 1 aliphatic heterocycles. The Kier molecular flexibility index (Phi) is 4.56. The van der Waals surface area contributed by atoms with Crippen LogP contribution in [0.1, 0.15) is 31.2 Å². The highest BCUT2D eigenvalue weighted by Gasteiger charge is 2.12. The number of hydrogen-bond acceptors (Lipinski definition) is 2. The molecule has 1 saturated heterocycles. The van der Waals surface area contributed by atoms with Gasteiger partial charge in [0, 0.05) is 18.7 Å². The predicted octanol–water partition coefficient (Wildman–Crippen LogP) is 2.35. The van der Waals surface area contributed by atoms with E-state index in [0.29, 0.717) is 11.9 Å². The highest BCUT2D eigenvalue weighted by Crippen LogP contribution is 2.15. The molecular weight excluding hydrogens is 212 g/mol. The molecule has 0 saturated carbocycles. The molecule has 1 fully saturated rings. The molecule has 1 unspecified atom stereocenters. The third-order valence-corrected chi connectivity index (χ3v) is 3.08. The molecule has 1 aromatic rings. The smallest absolute Gasteiger partial charge is 0.125 e. The lowest BCUT2D eigenvalue weighted by molar-refractivity contribution is 0.0129. The second kappa shape index (κ2) is 6.40. The fourth-order valence-electron chi connectivity index (χ4n) is 2.06. The number of benzene rings is 1. The first-order valence-electron chi connectivity index (χ1n) is 6.33. The molecule has 2 rings (SSSR count). The number of ether oxygens (including phenoxy) is 1. The summed E-state index contributed by atoms with van der Waals surface area (Å²) in [6, 6.07) is 9.89. The second-order valence-electron chi connectivity index (χ2n) is 4.41. The first-order valence-corrected chi connectivity index (χ1v) is 6.33. The normalized spacial score (nSPS) is 21.4. The highest BCUT2D eigenvalue weighted by molar-refractivity contribution is 5.97. The van der Waals surface area contributed by atoms with Crippen LogP contribution in [0, 0.1) is 0 Å². The quantitative estimate of drug-likeness (QED) is 0.640. The van der Waals surface area contributed by atoms with Crippen molar-refractivity contribution in [2.75, 3.05) is 13.2 Å². The molecule has 2 N–H and O–H groups in total. The van der Waals surface area contributed by atoms with Crippen LogP contribution in [-0.4, -0.2) is 25.1 Å². The van der Waals surface area contributed by atoms with Crippen LogP contribution in [0.15, 0.2) is 35.3 Å². The molecule has 0 aromatic heterocycles. The fraction of sp³-hybridized carbons (Fsp3) is 0.500. The van der Waals surface area contributed by atoms with Crippen molar-refractivity contribution in [2.45, 2.75) is 31.8 Å². The van der Waals surface area contributed by atoms with Crippen molar-refractivity contribution < 1.29 is 4.74 Å². The van der Waals surface area contributed by atoms with Gasteiger partial charge in [-0.25, -0.2) is 0 Å². The molecule has 92 valence electrons. The van der Waals surface area contributed by atoms with Gasteiger partial charge in [-0.05, 0) is 25.7 Å². The summed E-state index contributed by atoms with van der Waals surface area (Å²) in [5.74, 6) is 0.626. The van der Waals surface area contributed by atoms with Gasteiger partial charge in [0.15, 0.2) is 0 Å². The third-order valence-electron chi connectivity index (χ3n) is 3.08. The summed E-state index contributed by atoms with van der Waals surface area (Å²) in [5, 5.41) is 0. The molecule has 1 atom stereocenters. The molecule has 0 spiro atoms. The van der Waals surface area contributed by atoms with Crippen molar-refractivity contribution in [3.63, 3.8) is 0 Å². The molecular formula is C14H20N2O. The van der Waals surface area contributed by atoms with Crippen LogP contribution in [0.25, 0.3) is 0 Å². The van der Waals surface area contributed by atoms with E-state index in [-0.39, 0.29) is 0 Å². The van der Waals surface area contributed by atoms with E-state index in [9.17, 15) is 0 Å². The molecule has 1 aliphatic rings. The van der Waals surface area contributed by atoms with E-state index in [4.69, 9.17) is 10.5 Å². The van der Waals surface area contributed by atoms with Crippen molar-refractivity contribution in [3.05, 3.63) is 35.9 Å². The lowest BCUT2D eigenvalue weighted by atomic mass is 10.1. The number of nitrogens with zero attached hydrogens (tertiary/aromatic N) is 1. The first kappa shape index (κ1) is 12.1. The van der Waals surface area contributed by atoms with Crippen LogP contribution in [0.2, 0.25) is 0 Å². The minimum Gasteiger partial charge on any atom is -0.384 e. The zero-order chi connectivity index (χ0) is 11.9. The molecule has 3 nitrogen and oxygen atoms in total. The van der Waals surface area contributed by atoms with Crippen molar-refractivity contribution in [3.8, 4) is 0 Å². The standard InChI is InChI=1S/C14H20N2O/c15-14(12-6-2-1-3-7-12)16-10-9-13-8-4-5-11-17-13/h1-3,6-7,13H,4-5,8-11H2,(H2,15,16). The average Bonchev–Trinajstić information content (AvgIpc) is 2.41. The van der Waals surface area contributed by atoms with Crippen LogP contribution in [-0.2, 0) is 4.74 Å². The van der Waals surface area contributed by atoms with Gasteiger partial charge >= 0.3 is 0 Å². The average molecular weight is 232 g/mol. The summed E-state index contributed by atoms with van der Waals surface area (Å²) < 4.78 is 5.66. The van der Waals surface area contributed by atoms with Crippen molar-refractivity contribution in [1.29, 1.82) is 0 Å². The van der Waals surface area contributed by atoms with E-state index in [1.807, 2.05) is 30.3 Å². The van der Waals surface area contributed by atoms with Crippen molar-refractivity contribution >= 4 is 5.84 Å². The van der Waals surface area contributed by atoms with E-state index in [1.165, 1.54) is 19.3 Å². The summed E-state index contributed by atoms with van der Waals surface area (Å²) in [7, 11) is 0. The maximum absolute atomic E-state index is 5.92. The Morgan fingerprint density at radius 2 is 2.12 bits per heavy atom. The van der Waals surface area contributed by atoms with Gasteiger partial charge in [0.05, 0.1) is 6.10 Å². The number of nitrogens with two attached hydrogens (primary N) is 1. The number of rotatable bonds is 4. The second-order valence-corrected chi connectivity index (χ2v) is 4.41. The number of amidine groups is 1. The predicted molar refractivity (Wildman–Crippen MR) is 70.2 cm³/mol. The monoisotopic (exact) mass is 232 g/mol. The molecule has 17 heavy (non-hydrogen) atoms. The SMILES string of the molecule is NC(=NCCC1CCCCO1)c1ccccc1. The van der Waals surface area contributed by atoms with Gasteiger partial charge in [-0.1, -0.05) is 30.3 Å². The van der Waals surface area contributed by atoms with E-state index in [0.717, 1.165) is 25.1 Å². The van der Waals surface area contributed by atoms with Crippen LogP contribution in [0.4, 0.5) is 0 Å². The summed E-state index contributed by atoms with van der Waals surface area (Å²) in [6.07, 6.45) is 5.01. The molecule has 0 radical (unpaired) electrons. The minimum absolute atomic E-state index is 0.385. The Hall–Kier alpha value is -1.35. The van der Waals surface area contributed by atoms with Crippen LogP contribution < -0.4 is 5.73 Å². The Bertz CT molecular complexity index is 356. The van der Waals surface area contributed by atoms with Gasteiger partial charge in [0.1, 0.15) is 5.84 Å². The molecule has 0 amide bonds. The number of hydrogen-bond donors (Lipinski definition) is 1. The van der Waals surface area contributed by atoms with E-state index in [2.05, 4.69) is 4.99 Å². The van der Waals surface area contributed by atoms with Crippen LogP contribution >= 0.6 is 0 Å². The zero-order valence-corrected chi connectivity index (χ0v) is 10.1. The Balaban J connectivity index is 1.80. The topological polar surface area (TPSA) is 47.6 Å². The molecule has 1 aromatic carbocycles. The van der Waals surface area contributed by atoms with Gasteiger partial charge < -0.3 is 10.5 Å². The minimum atomic E-state index is 0.385. The molecule has 3 heteroatoms. The lowest BCUT2D eigenvalue weighted by Crippen LogP contribution is -2.21. The summed E-state index contributed by atoms with van der Waals surface area (Å²) in [5.41, 5.74) is 6.92. The van der Waals surface area contributed by atoms with Gasteiger partial charge in [0.25, 0.3) is 0 Å². The Labute approximate surface area is 103 Å². The first-order chi connectivity index (χ1) is 8.36. The maximum atomic E-state index is 5.92. The maximum Gasteiger partial charge on any atom is 0.125 e. The summed E-state index contributed by atoms with van der Waals surface area (Å²) >= 11 is 0. The van der Waals surface area contributed by atoms with Gasteiger partial charge in [-0.3, -0.25) is 4.99 Å². The van der Waals surface area contributed by atoms with Gasteiger partial charge in [-0.15, -0.1) is 0 Å².